The highest BCUT2D eigenvalue weighted by molar-refractivity contribution is 5.95. The number of nitriles is 1. The number of unbranched alkanes of at least 4 members (excludes halogenated alkanes) is 1. The Morgan fingerprint density at radius 1 is 0.974 bits per heavy atom. The first kappa shape index (κ1) is 28.4. The summed E-state index contributed by atoms with van der Waals surface area (Å²) < 4.78 is 9.44. The molecule has 0 spiro atoms. The zero-order chi connectivity index (χ0) is 27.2. The van der Waals surface area contributed by atoms with Gasteiger partial charge >= 0.3 is 11.9 Å². The molecule has 0 aromatic heterocycles. The summed E-state index contributed by atoms with van der Waals surface area (Å²) in [6, 6.07) is 15.1. The van der Waals surface area contributed by atoms with Gasteiger partial charge in [0.1, 0.15) is 0 Å². The minimum atomic E-state index is -0.753. The Morgan fingerprint density at radius 3 is 2.39 bits per heavy atom. The van der Waals surface area contributed by atoms with Crippen LogP contribution in [0.5, 0.6) is 0 Å². The zero-order valence-corrected chi connectivity index (χ0v) is 21.8. The van der Waals surface area contributed by atoms with Crippen molar-refractivity contribution in [3.8, 4) is 6.26 Å². The van der Waals surface area contributed by atoms with E-state index in [0.717, 1.165) is 61.8 Å². The van der Waals surface area contributed by atoms with Crippen molar-refractivity contribution in [2.45, 2.75) is 58.4 Å². The normalized spacial score (nSPS) is 13.8. The zero-order valence-electron chi connectivity index (χ0n) is 21.8. The van der Waals surface area contributed by atoms with Gasteiger partial charge in [-0.25, -0.2) is 9.59 Å². The lowest BCUT2D eigenvalue weighted by molar-refractivity contribution is -0.137. The molecule has 2 aromatic carbocycles. The first-order chi connectivity index (χ1) is 18.5. The fourth-order valence-corrected chi connectivity index (χ4v) is 4.35. The Morgan fingerprint density at radius 2 is 1.68 bits per heavy atom. The van der Waals surface area contributed by atoms with E-state index >= 15 is 0 Å². The van der Waals surface area contributed by atoms with Crippen LogP contribution in [-0.4, -0.2) is 24.5 Å². The van der Waals surface area contributed by atoms with Crippen LogP contribution >= 0.6 is 0 Å². The average molecular weight is 515 g/mol. The number of rotatable bonds is 11. The number of amides is 1. The van der Waals surface area contributed by atoms with Gasteiger partial charge < -0.3 is 14.4 Å². The van der Waals surface area contributed by atoms with E-state index in [0.29, 0.717) is 18.7 Å². The molecule has 0 atom stereocenters. The fourth-order valence-electron chi connectivity index (χ4n) is 4.35. The number of anilines is 1. The molecule has 0 saturated heterocycles. The fraction of sp³-hybridized carbons (Fsp3) is 0.355. The maximum Gasteiger partial charge on any atom is 0.346 e. The molecule has 0 N–H and O–H groups in total. The average Bonchev–Trinajstić information content (AvgIpc) is 2.95. The van der Waals surface area contributed by atoms with Crippen molar-refractivity contribution in [1.82, 2.24) is 0 Å². The largest absolute Gasteiger partial charge is 0.463 e. The summed E-state index contributed by atoms with van der Waals surface area (Å²) in [6.45, 7) is 2.85. The second-order valence-electron chi connectivity index (χ2n) is 9.30. The van der Waals surface area contributed by atoms with Gasteiger partial charge in [0.05, 0.1) is 13.2 Å². The molecule has 0 bridgehead atoms. The van der Waals surface area contributed by atoms with Gasteiger partial charge in [-0.1, -0.05) is 69.0 Å². The second kappa shape index (κ2) is 15.2. The molecule has 0 unspecified atom stereocenters. The van der Waals surface area contributed by atoms with Crippen molar-refractivity contribution in [2.75, 3.05) is 11.5 Å². The highest BCUT2D eigenvalue weighted by Gasteiger charge is 2.27. The molecular weight excluding hydrogens is 480 g/mol. The van der Waals surface area contributed by atoms with E-state index in [9.17, 15) is 14.4 Å². The molecule has 0 aliphatic heterocycles. The summed E-state index contributed by atoms with van der Waals surface area (Å²) in [4.78, 5) is 38.8. The van der Waals surface area contributed by atoms with Gasteiger partial charge in [-0.3, -0.25) is 4.79 Å². The van der Waals surface area contributed by atoms with Crippen LogP contribution in [0.15, 0.2) is 60.7 Å². The number of carbonyl (C=O) groups excluding carboxylic acids is 3. The lowest BCUT2D eigenvalue weighted by atomic mass is 9.88. The number of hydrogen-bond donors (Lipinski definition) is 0. The molecule has 0 heterocycles. The van der Waals surface area contributed by atoms with E-state index in [4.69, 9.17) is 10.00 Å². The second-order valence-corrected chi connectivity index (χ2v) is 9.30. The predicted octanol–water partition coefficient (Wildman–Crippen LogP) is 6.19. The van der Waals surface area contributed by atoms with Crippen molar-refractivity contribution in [2.24, 2.45) is 5.92 Å². The van der Waals surface area contributed by atoms with Crippen molar-refractivity contribution >= 4 is 35.7 Å². The summed E-state index contributed by atoms with van der Waals surface area (Å²) >= 11 is 0. The van der Waals surface area contributed by atoms with Gasteiger partial charge in [0.2, 0.25) is 5.91 Å². The van der Waals surface area contributed by atoms with Crippen LogP contribution in [0.1, 0.15) is 68.6 Å². The molecular formula is C31H34N2O5. The maximum absolute atomic E-state index is 13.7. The van der Waals surface area contributed by atoms with E-state index in [1.165, 1.54) is 18.4 Å². The summed E-state index contributed by atoms with van der Waals surface area (Å²) in [5, 5.41) is 8.49. The molecule has 7 heteroatoms. The Balaban J connectivity index is 1.77. The van der Waals surface area contributed by atoms with Gasteiger partial charge in [-0.2, -0.15) is 0 Å². The highest BCUT2D eigenvalue weighted by atomic mass is 16.5. The van der Waals surface area contributed by atoms with Crippen molar-refractivity contribution in [3.63, 3.8) is 0 Å². The molecule has 1 saturated carbocycles. The third-order valence-electron chi connectivity index (χ3n) is 6.43. The number of ether oxygens (including phenoxy) is 2. The smallest absolute Gasteiger partial charge is 0.346 e. The summed E-state index contributed by atoms with van der Waals surface area (Å²) in [5.41, 5.74) is 3.26. The van der Waals surface area contributed by atoms with Crippen LogP contribution < -0.4 is 4.90 Å². The van der Waals surface area contributed by atoms with Gasteiger partial charge in [-0.15, -0.1) is 5.26 Å². The number of carbonyl (C=O) groups is 3. The first-order valence-corrected chi connectivity index (χ1v) is 13.1. The minimum absolute atomic E-state index is 0.0190. The molecule has 38 heavy (non-hydrogen) atoms. The SMILES string of the molecule is CCCCOC(=O)/C=C/c1ccc(CN(C(=O)C2CCCCC2)c2cccc(/C=C/C(=O)OC#N)c2)cc1. The number of benzene rings is 2. The Labute approximate surface area is 224 Å². The topological polar surface area (TPSA) is 96.7 Å². The highest BCUT2D eigenvalue weighted by Crippen LogP contribution is 2.29. The molecule has 0 radical (unpaired) electrons. The lowest BCUT2D eigenvalue weighted by Gasteiger charge is -2.30. The van der Waals surface area contributed by atoms with E-state index in [-0.39, 0.29) is 17.8 Å². The van der Waals surface area contributed by atoms with E-state index in [1.54, 1.807) is 17.1 Å². The third-order valence-corrected chi connectivity index (χ3v) is 6.43. The van der Waals surface area contributed by atoms with Crippen LogP contribution in [0.25, 0.3) is 12.2 Å². The van der Waals surface area contributed by atoms with Crippen LogP contribution in [0.3, 0.4) is 0 Å². The Kier molecular flexibility index (Phi) is 11.3. The van der Waals surface area contributed by atoms with Gasteiger partial charge in [-0.05, 0) is 60.2 Å². The van der Waals surface area contributed by atoms with Gasteiger partial charge in [0, 0.05) is 23.8 Å². The molecule has 1 fully saturated rings. The standard InChI is InChI=1S/C31H34N2O5/c1-2-3-20-37-29(34)18-16-24-12-14-26(15-13-24)22-33(31(36)27-9-5-4-6-10-27)28-11-7-8-25(21-28)17-19-30(35)38-23-32/h7-8,11-19,21,27H,2-6,9-10,20,22H2,1H3/b18-16+,19-17+. The number of esters is 2. The Bertz CT molecular complexity index is 1190. The number of nitrogens with zero attached hydrogens (tertiary/aromatic N) is 2. The quantitative estimate of drug-likeness (QED) is 0.153. The van der Waals surface area contributed by atoms with E-state index in [2.05, 4.69) is 4.74 Å². The van der Waals surface area contributed by atoms with Crippen LogP contribution in [-0.2, 0) is 30.4 Å². The molecule has 1 aliphatic rings. The van der Waals surface area contributed by atoms with Crippen LogP contribution in [0.2, 0.25) is 0 Å². The van der Waals surface area contributed by atoms with Crippen molar-refractivity contribution < 1.29 is 23.9 Å². The van der Waals surface area contributed by atoms with E-state index < -0.39 is 5.97 Å². The third kappa shape index (κ3) is 9.04. The van der Waals surface area contributed by atoms with Crippen LogP contribution in [0.4, 0.5) is 5.69 Å². The predicted molar refractivity (Wildman–Crippen MR) is 146 cm³/mol. The van der Waals surface area contributed by atoms with Gasteiger partial charge in [0.25, 0.3) is 6.26 Å². The van der Waals surface area contributed by atoms with Crippen molar-refractivity contribution in [3.05, 3.63) is 77.4 Å². The molecule has 3 rings (SSSR count). The van der Waals surface area contributed by atoms with E-state index in [1.807, 2.05) is 55.5 Å². The molecule has 1 amide bonds. The van der Waals surface area contributed by atoms with Crippen LogP contribution in [0, 0.1) is 17.4 Å². The summed E-state index contributed by atoms with van der Waals surface area (Å²) in [6.07, 6.45) is 14.1. The first-order valence-electron chi connectivity index (χ1n) is 13.1. The van der Waals surface area contributed by atoms with Crippen molar-refractivity contribution in [1.29, 1.82) is 5.26 Å². The molecule has 198 valence electrons. The summed E-state index contributed by atoms with van der Waals surface area (Å²) in [7, 11) is 0. The summed E-state index contributed by atoms with van der Waals surface area (Å²) in [5.74, 6) is -1.04. The minimum Gasteiger partial charge on any atom is -0.463 e. The van der Waals surface area contributed by atoms with Gasteiger partial charge in [0.15, 0.2) is 0 Å². The molecule has 1 aliphatic carbocycles. The monoisotopic (exact) mass is 514 g/mol. The number of hydrogen-bond acceptors (Lipinski definition) is 6. The Hall–Kier alpha value is -4.18. The maximum atomic E-state index is 13.7. The lowest BCUT2D eigenvalue weighted by Crippen LogP contribution is -2.36. The molecule has 7 nitrogen and oxygen atoms in total. The molecule has 2 aromatic rings.